The molecule has 3 nitrogen and oxygen atoms in total. The Bertz CT molecular complexity index is 605. The van der Waals surface area contributed by atoms with Crippen molar-refractivity contribution in [2.45, 2.75) is 70.7 Å². The fourth-order valence-corrected chi connectivity index (χ4v) is 6.97. The van der Waals surface area contributed by atoms with Gasteiger partial charge in [0.25, 0.3) is 0 Å². The molecular weight excluding hydrogens is 300 g/mol. The van der Waals surface area contributed by atoms with Crippen molar-refractivity contribution >= 4 is 0 Å². The first-order valence-electron chi connectivity index (χ1n) is 9.54. The summed E-state index contributed by atoms with van der Waals surface area (Å²) >= 11 is 0. The van der Waals surface area contributed by atoms with E-state index in [9.17, 15) is 15.3 Å². The summed E-state index contributed by atoms with van der Waals surface area (Å²) in [6.07, 6.45) is 11.5. The van der Waals surface area contributed by atoms with Crippen LogP contribution in [0.5, 0.6) is 0 Å². The molecule has 0 aromatic rings. The highest BCUT2D eigenvalue weighted by atomic mass is 16.3. The largest absolute Gasteiger partial charge is 0.393 e. The second-order valence-corrected chi connectivity index (χ2v) is 9.21. The molecule has 0 amide bonds. The van der Waals surface area contributed by atoms with Crippen molar-refractivity contribution in [2.24, 2.45) is 34.5 Å². The molecule has 132 valence electrons. The zero-order valence-corrected chi connectivity index (χ0v) is 14.8. The van der Waals surface area contributed by atoms with Crippen LogP contribution in [0.3, 0.4) is 0 Å². The number of aliphatic hydroxyl groups is 3. The van der Waals surface area contributed by atoms with Crippen LogP contribution in [0.1, 0.15) is 52.4 Å². The molecule has 4 rings (SSSR count). The third-order valence-corrected chi connectivity index (χ3v) is 8.41. The van der Waals surface area contributed by atoms with E-state index in [1.807, 2.05) is 6.08 Å². The van der Waals surface area contributed by atoms with Gasteiger partial charge in [-0.2, -0.15) is 0 Å². The van der Waals surface area contributed by atoms with E-state index in [4.69, 9.17) is 6.42 Å². The minimum atomic E-state index is -0.526. The monoisotopic (exact) mass is 330 g/mol. The lowest BCUT2D eigenvalue weighted by molar-refractivity contribution is -0.128. The number of aliphatic hydroxyl groups excluding tert-OH is 3. The molecule has 3 heteroatoms. The Labute approximate surface area is 145 Å². The Morgan fingerprint density at radius 3 is 2.58 bits per heavy atom. The predicted octanol–water partition coefficient (Wildman–Crippen LogP) is 2.50. The van der Waals surface area contributed by atoms with Crippen LogP contribution in [0.15, 0.2) is 11.6 Å². The second kappa shape index (κ2) is 5.34. The van der Waals surface area contributed by atoms with Gasteiger partial charge in [-0.1, -0.05) is 25.5 Å². The molecule has 0 aromatic heterocycles. The maximum absolute atomic E-state index is 11.0. The summed E-state index contributed by atoms with van der Waals surface area (Å²) in [6.45, 7) is 4.48. The third kappa shape index (κ3) is 1.97. The molecule has 0 unspecified atom stereocenters. The maximum atomic E-state index is 11.0. The van der Waals surface area contributed by atoms with Gasteiger partial charge in [0.1, 0.15) is 0 Å². The van der Waals surface area contributed by atoms with Crippen LogP contribution in [-0.4, -0.2) is 33.6 Å². The molecule has 0 radical (unpaired) electrons. The van der Waals surface area contributed by atoms with E-state index in [1.54, 1.807) is 0 Å². The van der Waals surface area contributed by atoms with Crippen LogP contribution < -0.4 is 0 Å². The van der Waals surface area contributed by atoms with Gasteiger partial charge in [-0.15, -0.1) is 12.3 Å². The van der Waals surface area contributed by atoms with Gasteiger partial charge in [0.15, 0.2) is 0 Å². The first-order valence-corrected chi connectivity index (χ1v) is 9.54. The molecule has 0 bridgehead atoms. The summed E-state index contributed by atoms with van der Waals surface area (Å²) in [5, 5.41) is 31.9. The van der Waals surface area contributed by atoms with E-state index in [2.05, 4.69) is 19.8 Å². The second-order valence-electron chi connectivity index (χ2n) is 9.21. The van der Waals surface area contributed by atoms with Gasteiger partial charge in [-0.05, 0) is 55.3 Å². The third-order valence-electron chi connectivity index (χ3n) is 8.41. The van der Waals surface area contributed by atoms with Crippen LogP contribution >= 0.6 is 0 Å². The fraction of sp³-hybridized carbons (Fsp3) is 0.810. The van der Waals surface area contributed by atoms with E-state index in [1.165, 1.54) is 0 Å². The molecule has 3 fully saturated rings. The summed E-state index contributed by atoms with van der Waals surface area (Å²) in [6, 6.07) is 0. The molecule has 0 heterocycles. The molecule has 3 saturated carbocycles. The summed E-state index contributed by atoms with van der Waals surface area (Å²) in [5.41, 5.74) is 0.883. The number of fused-ring (bicyclic) bond motifs is 5. The van der Waals surface area contributed by atoms with Gasteiger partial charge < -0.3 is 15.3 Å². The van der Waals surface area contributed by atoms with E-state index in [0.717, 1.165) is 31.3 Å². The molecule has 4 aliphatic carbocycles. The molecule has 0 spiro atoms. The van der Waals surface area contributed by atoms with Crippen molar-refractivity contribution in [3.05, 3.63) is 11.6 Å². The minimum absolute atomic E-state index is 0.123. The van der Waals surface area contributed by atoms with Gasteiger partial charge >= 0.3 is 0 Å². The molecular formula is C21H30O3. The smallest absolute Gasteiger partial charge is 0.0757 e. The average molecular weight is 330 g/mol. The molecule has 9 atom stereocenters. The van der Waals surface area contributed by atoms with E-state index < -0.39 is 18.3 Å². The van der Waals surface area contributed by atoms with E-state index >= 15 is 0 Å². The van der Waals surface area contributed by atoms with Crippen molar-refractivity contribution in [3.8, 4) is 12.3 Å². The van der Waals surface area contributed by atoms with Crippen LogP contribution in [-0.2, 0) is 0 Å². The minimum Gasteiger partial charge on any atom is -0.393 e. The highest BCUT2D eigenvalue weighted by molar-refractivity contribution is 5.30. The standard InChI is InChI=1S/C21H30O3/c1-4-12-5-6-15-19-16(7-8-20(12,15)2)21(3)13(10-17(19)23)9-14(22)11-18(21)24/h1,10,12,14-19,22-24H,5-9,11H2,2-3H3/t12-,14-,15+,16+,17+,18-,19+,20-,21+/m1/s1. The first kappa shape index (κ1) is 16.6. The Morgan fingerprint density at radius 1 is 1.12 bits per heavy atom. The quantitative estimate of drug-likeness (QED) is 0.472. The van der Waals surface area contributed by atoms with Crippen LogP contribution in [0, 0.1) is 46.8 Å². The van der Waals surface area contributed by atoms with Crippen LogP contribution in [0.4, 0.5) is 0 Å². The fourth-order valence-electron chi connectivity index (χ4n) is 6.97. The summed E-state index contributed by atoms with van der Waals surface area (Å²) < 4.78 is 0. The van der Waals surface area contributed by atoms with Gasteiger partial charge in [-0.3, -0.25) is 0 Å². The van der Waals surface area contributed by atoms with Gasteiger partial charge in [0.05, 0.1) is 18.3 Å². The van der Waals surface area contributed by atoms with Crippen LogP contribution in [0.25, 0.3) is 0 Å². The SMILES string of the molecule is C#C[C@@H]1CC[C@H]2[C@@H]3[C@@H](O)C=C4C[C@@H](O)C[C@@H](O)[C@]4(C)[C@H]3CC[C@]12C. The summed E-state index contributed by atoms with van der Waals surface area (Å²) in [4.78, 5) is 0. The molecule has 4 aliphatic rings. The van der Waals surface area contributed by atoms with Crippen molar-refractivity contribution in [1.82, 2.24) is 0 Å². The Hall–Kier alpha value is -0.820. The van der Waals surface area contributed by atoms with Crippen molar-refractivity contribution in [2.75, 3.05) is 0 Å². The molecule has 24 heavy (non-hydrogen) atoms. The number of hydrogen-bond donors (Lipinski definition) is 3. The number of rotatable bonds is 0. The molecule has 0 aromatic carbocycles. The zero-order chi connectivity index (χ0) is 17.3. The van der Waals surface area contributed by atoms with Crippen molar-refractivity contribution in [1.29, 1.82) is 0 Å². The Kier molecular flexibility index (Phi) is 3.70. The number of hydrogen-bond acceptors (Lipinski definition) is 3. The summed E-state index contributed by atoms with van der Waals surface area (Å²) in [7, 11) is 0. The lowest BCUT2D eigenvalue weighted by Crippen LogP contribution is -2.58. The average Bonchev–Trinajstić information content (AvgIpc) is 2.86. The van der Waals surface area contributed by atoms with Crippen molar-refractivity contribution < 1.29 is 15.3 Å². The van der Waals surface area contributed by atoms with Gasteiger partial charge in [0.2, 0.25) is 0 Å². The van der Waals surface area contributed by atoms with E-state index in [0.29, 0.717) is 24.7 Å². The predicted molar refractivity (Wildman–Crippen MR) is 92.8 cm³/mol. The highest BCUT2D eigenvalue weighted by Gasteiger charge is 2.62. The molecule has 3 N–H and O–H groups in total. The normalized spacial score (nSPS) is 56.5. The Balaban J connectivity index is 1.76. The molecule has 0 aliphatic heterocycles. The lowest BCUT2D eigenvalue weighted by atomic mass is 9.46. The highest BCUT2D eigenvalue weighted by Crippen LogP contribution is 2.66. The Morgan fingerprint density at radius 2 is 1.88 bits per heavy atom. The van der Waals surface area contributed by atoms with Crippen molar-refractivity contribution in [3.63, 3.8) is 0 Å². The van der Waals surface area contributed by atoms with Gasteiger partial charge in [-0.25, -0.2) is 0 Å². The van der Waals surface area contributed by atoms with Crippen LogP contribution in [0.2, 0.25) is 0 Å². The van der Waals surface area contributed by atoms with E-state index in [-0.39, 0.29) is 22.7 Å². The van der Waals surface area contributed by atoms with Gasteiger partial charge in [0, 0.05) is 17.8 Å². The molecule has 0 saturated heterocycles. The summed E-state index contributed by atoms with van der Waals surface area (Å²) in [5.74, 6) is 4.22. The lowest BCUT2D eigenvalue weighted by Gasteiger charge is -2.60. The topological polar surface area (TPSA) is 60.7 Å². The maximum Gasteiger partial charge on any atom is 0.0757 e. The first-order chi connectivity index (χ1) is 11.3. The number of terminal acetylenes is 1. The zero-order valence-electron chi connectivity index (χ0n) is 14.8.